The van der Waals surface area contributed by atoms with Crippen molar-refractivity contribution in [2.45, 2.75) is 6.54 Å². The molecule has 0 unspecified atom stereocenters. The van der Waals surface area contributed by atoms with Crippen LogP contribution in [-0.2, 0) is 6.54 Å². The maximum Gasteiger partial charge on any atom is 0.325 e. The van der Waals surface area contributed by atoms with Crippen LogP contribution in [0.5, 0.6) is 0 Å². The van der Waals surface area contributed by atoms with Crippen molar-refractivity contribution in [3.8, 4) is 12.3 Å². The van der Waals surface area contributed by atoms with Gasteiger partial charge in [-0.2, -0.15) is 0 Å². The van der Waals surface area contributed by atoms with Crippen LogP contribution in [0.1, 0.15) is 5.56 Å². The Kier molecular flexibility index (Phi) is 3.06. The van der Waals surface area contributed by atoms with Gasteiger partial charge < -0.3 is 10.3 Å². The Bertz CT molecular complexity index is 424. The Labute approximate surface area is 74.2 Å². The molecule has 0 bridgehead atoms. The first-order chi connectivity index (χ1) is 6.24. The molecule has 0 radical (unpaired) electrons. The molecule has 0 fully saturated rings. The maximum absolute atomic E-state index is 11.1. The lowest BCUT2D eigenvalue weighted by molar-refractivity contribution is 0.752. The van der Waals surface area contributed by atoms with Gasteiger partial charge in [0, 0.05) is 18.3 Å². The Hall–Kier alpha value is -1.80. The molecule has 0 amide bonds. The summed E-state index contributed by atoms with van der Waals surface area (Å²) >= 11 is 0. The van der Waals surface area contributed by atoms with E-state index < -0.39 is 11.2 Å². The maximum atomic E-state index is 11.1. The quantitative estimate of drug-likeness (QED) is 0.402. The summed E-state index contributed by atoms with van der Waals surface area (Å²) < 4.78 is 0. The number of nitrogens with one attached hydrogen (secondary N) is 3. The van der Waals surface area contributed by atoms with Gasteiger partial charge in [-0.3, -0.25) is 9.78 Å². The average Bonchev–Trinajstić information content (AvgIpc) is 2.09. The van der Waals surface area contributed by atoms with E-state index in [1.165, 1.54) is 6.20 Å². The summed E-state index contributed by atoms with van der Waals surface area (Å²) in [7, 11) is 0. The molecule has 0 saturated carbocycles. The monoisotopic (exact) mass is 179 g/mol. The number of aromatic nitrogens is 2. The minimum Gasteiger partial charge on any atom is -0.314 e. The summed E-state index contributed by atoms with van der Waals surface area (Å²) in [6, 6.07) is 0. The van der Waals surface area contributed by atoms with E-state index in [0.717, 1.165) is 0 Å². The number of rotatable bonds is 3. The van der Waals surface area contributed by atoms with Crippen LogP contribution in [0, 0.1) is 12.3 Å². The van der Waals surface area contributed by atoms with Crippen LogP contribution in [0.25, 0.3) is 0 Å². The predicted molar refractivity (Wildman–Crippen MR) is 48.2 cm³/mol. The largest absolute Gasteiger partial charge is 0.325 e. The first-order valence-corrected chi connectivity index (χ1v) is 3.69. The summed E-state index contributed by atoms with van der Waals surface area (Å²) in [5.41, 5.74) is -0.450. The Morgan fingerprint density at radius 3 is 2.92 bits per heavy atom. The zero-order valence-corrected chi connectivity index (χ0v) is 6.89. The lowest BCUT2D eigenvalue weighted by Crippen LogP contribution is -2.27. The Morgan fingerprint density at radius 1 is 1.54 bits per heavy atom. The lowest BCUT2D eigenvalue weighted by Gasteiger charge is -1.98. The second-order valence-electron chi connectivity index (χ2n) is 2.40. The molecule has 1 heterocycles. The van der Waals surface area contributed by atoms with Gasteiger partial charge in [-0.1, -0.05) is 5.92 Å². The van der Waals surface area contributed by atoms with E-state index in [4.69, 9.17) is 6.42 Å². The van der Waals surface area contributed by atoms with Gasteiger partial charge in [0.05, 0.1) is 6.54 Å². The molecule has 0 atom stereocenters. The molecule has 5 heteroatoms. The smallest absolute Gasteiger partial charge is 0.314 e. The van der Waals surface area contributed by atoms with Crippen molar-refractivity contribution in [1.29, 1.82) is 0 Å². The van der Waals surface area contributed by atoms with Crippen molar-refractivity contribution in [2.75, 3.05) is 6.54 Å². The third-order valence-electron chi connectivity index (χ3n) is 1.44. The molecule has 0 aliphatic heterocycles. The van der Waals surface area contributed by atoms with E-state index in [0.29, 0.717) is 18.7 Å². The molecule has 0 aromatic carbocycles. The summed E-state index contributed by atoms with van der Waals surface area (Å²) in [4.78, 5) is 26.1. The second kappa shape index (κ2) is 4.28. The fourth-order valence-corrected chi connectivity index (χ4v) is 0.838. The minimum absolute atomic E-state index is 0.344. The fourth-order valence-electron chi connectivity index (χ4n) is 0.838. The number of hydrogen-bond donors (Lipinski definition) is 3. The highest BCUT2D eigenvalue weighted by Gasteiger charge is 1.97. The third-order valence-corrected chi connectivity index (χ3v) is 1.44. The summed E-state index contributed by atoms with van der Waals surface area (Å²) in [6.07, 6.45) is 6.36. The van der Waals surface area contributed by atoms with Gasteiger partial charge in [-0.15, -0.1) is 6.42 Å². The van der Waals surface area contributed by atoms with Gasteiger partial charge in [-0.25, -0.2) is 4.79 Å². The third kappa shape index (κ3) is 2.61. The highest BCUT2D eigenvalue weighted by Crippen LogP contribution is 1.81. The van der Waals surface area contributed by atoms with Crippen LogP contribution < -0.4 is 16.6 Å². The van der Waals surface area contributed by atoms with Crippen molar-refractivity contribution in [1.82, 2.24) is 15.3 Å². The molecular formula is C8H9N3O2. The summed E-state index contributed by atoms with van der Waals surface area (Å²) in [5.74, 6) is 2.37. The molecule has 0 aliphatic carbocycles. The highest BCUT2D eigenvalue weighted by atomic mass is 16.2. The average molecular weight is 179 g/mol. The molecule has 0 aliphatic rings. The van der Waals surface area contributed by atoms with E-state index >= 15 is 0 Å². The molecular weight excluding hydrogens is 170 g/mol. The van der Waals surface area contributed by atoms with Gasteiger partial charge in [0.15, 0.2) is 0 Å². The summed E-state index contributed by atoms with van der Waals surface area (Å²) in [5, 5.41) is 2.83. The highest BCUT2D eigenvalue weighted by molar-refractivity contribution is 5.03. The van der Waals surface area contributed by atoms with Crippen LogP contribution in [-0.4, -0.2) is 16.5 Å². The molecule has 5 nitrogen and oxygen atoms in total. The van der Waals surface area contributed by atoms with Crippen molar-refractivity contribution < 1.29 is 0 Å². The SMILES string of the molecule is C#CCNCc1c[nH]c(=O)[nH]c1=O. The summed E-state index contributed by atoms with van der Waals surface area (Å²) in [6.45, 7) is 0.731. The van der Waals surface area contributed by atoms with Crippen molar-refractivity contribution in [3.05, 3.63) is 32.6 Å². The molecule has 0 saturated heterocycles. The molecule has 3 N–H and O–H groups in total. The zero-order chi connectivity index (χ0) is 9.68. The van der Waals surface area contributed by atoms with Crippen LogP contribution in [0.2, 0.25) is 0 Å². The van der Waals surface area contributed by atoms with Gasteiger partial charge in [0.2, 0.25) is 0 Å². The van der Waals surface area contributed by atoms with Crippen LogP contribution in [0.4, 0.5) is 0 Å². The van der Waals surface area contributed by atoms with Gasteiger partial charge >= 0.3 is 5.69 Å². The van der Waals surface area contributed by atoms with Crippen molar-refractivity contribution in [3.63, 3.8) is 0 Å². The number of terminal acetylenes is 1. The molecule has 68 valence electrons. The van der Waals surface area contributed by atoms with Gasteiger partial charge in [0.25, 0.3) is 5.56 Å². The minimum atomic E-state index is -0.509. The van der Waals surface area contributed by atoms with Crippen molar-refractivity contribution in [2.24, 2.45) is 0 Å². The first-order valence-electron chi connectivity index (χ1n) is 3.69. The fraction of sp³-hybridized carbons (Fsp3) is 0.250. The van der Waals surface area contributed by atoms with E-state index in [1.807, 2.05) is 0 Å². The predicted octanol–water partition coefficient (Wildman–Crippen LogP) is -1.21. The topological polar surface area (TPSA) is 77.8 Å². The van der Waals surface area contributed by atoms with Gasteiger partial charge in [-0.05, 0) is 0 Å². The molecule has 13 heavy (non-hydrogen) atoms. The molecule has 1 rings (SSSR count). The van der Waals surface area contributed by atoms with Crippen LogP contribution in [0.15, 0.2) is 15.8 Å². The zero-order valence-electron chi connectivity index (χ0n) is 6.89. The first kappa shape index (κ1) is 9.29. The van der Waals surface area contributed by atoms with Gasteiger partial charge in [0.1, 0.15) is 0 Å². The number of aromatic amines is 2. The van der Waals surface area contributed by atoms with E-state index in [2.05, 4.69) is 21.2 Å². The Morgan fingerprint density at radius 2 is 2.31 bits per heavy atom. The van der Waals surface area contributed by atoms with E-state index in [1.54, 1.807) is 0 Å². The normalized spacial score (nSPS) is 9.46. The van der Waals surface area contributed by atoms with Crippen LogP contribution >= 0.6 is 0 Å². The van der Waals surface area contributed by atoms with E-state index in [-0.39, 0.29) is 0 Å². The number of hydrogen-bond acceptors (Lipinski definition) is 3. The molecule has 0 spiro atoms. The molecule has 1 aromatic heterocycles. The Balaban J connectivity index is 2.74. The lowest BCUT2D eigenvalue weighted by atomic mass is 10.3. The van der Waals surface area contributed by atoms with Crippen LogP contribution in [0.3, 0.4) is 0 Å². The molecule has 1 aromatic rings. The second-order valence-corrected chi connectivity index (χ2v) is 2.40. The van der Waals surface area contributed by atoms with E-state index in [9.17, 15) is 9.59 Å². The van der Waals surface area contributed by atoms with Crippen molar-refractivity contribution >= 4 is 0 Å². The number of H-pyrrole nitrogens is 2. The standard InChI is InChI=1S/C8H9N3O2/c1-2-3-9-4-6-5-10-8(13)11-7(6)12/h1,5,9H,3-4H2,(H2,10,11,12,13).